The van der Waals surface area contributed by atoms with Crippen LogP contribution in [0.25, 0.3) is 0 Å². The van der Waals surface area contributed by atoms with Gasteiger partial charge >= 0.3 is 11.9 Å². The van der Waals surface area contributed by atoms with Crippen LogP contribution < -0.4 is 5.32 Å². The van der Waals surface area contributed by atoms with Gasteiger partial charge in [0.05, 0.1) is 13.0 Å². The molecule has 0 bridgehead atoms. The number of carbonyl (C=O) groups is 3. The van der Waals surface area contributed by atoms with Crippen molar-refractivity contribution in [3.05, 3.63) is 83.9 Å². The maximum atomic E-state index is 13.5. The Morgan fingerprint density at radius 3 is 2.41 bits per heavy atom. The third-order valence-electron chi connectivity index (χ3n) is 7.10. The lowest BCUT2D eigenvalue weighted by atomic mass is 9.62. The zero-order chi connectivity index (χ0) is 22.3. The van der Waals surface area contributed by atoms with Gasteiger partial charge in [-0.15, -0.1) is 0 Å². The van der Waals surface area contributed by atoms with Gasteiger partial charge in [-0.1, -0.05) is 60.7 Å². The summed E-state index contributed by atoms with van der Waals surface area (Å²) < 4.78 is 11.2. The number of hydrogen-bond donors (Lipinski definition) is 1. The molecular formula is C26H25NO5. The number of benzene rings is 2. The lowest BCUT2D eigenvalue weighted by molar-refractivity contribution is -0.163. The van der Waals surface area contributed by atoms with Crippen LogP contribution in [0.5, 0.6) is 0 Å². The fourth-order valence-electron chi connectivity index (χ4n) is 5.86. The fourth-order valence-corrected chi connectivity index (χ4v) is 5.86. The molecule has 2 fully saturated rings. The molecular weight excluding hydrogens is 406 g/mol. The van der Waals surface area contributed by atoms with E-state index >= 15 is 0 Å². The first kappa shape index (κ1) is 20.6. The second kappa shape index (κ2) is 7.71. The number of nitrogens with one attached hydrogen (secondary N) is 1. The molecule has 5 rings (SSSR count). The van der Waals surface area contributed by atoms with Gasteiger partial charge in [0.2, 0.25) is 0 Å². The van der Waals surface area contributed by atoms with Gasteiger partial charge in [-0.3, -0.25) is 19.7 Å². The maximum Gasteiger partial charge on any atom is 0.326 e. The minimum absolute atomic E-state index is 0.0798. The summed E-state index contributed by atoms with van der Waals surface area (Å²) in [7, 11) is 1.36. The van der Waals surface area contributed by atoms with Gasteiger partial charge in [0.15, 0.2) is 5.78 Å². The van der Waals surface area contributed by atoms with Crippen LogP contribution in [0.1, 0.15) is 30.0 Å². The maximum absolute atomic E-state index is 13.5. The highest BCUT2D eigenvalue weighted by Crippen LogP contribution is 2.56. The lowest BCUT2D eigenvalue weighted by Crippen LogP contribution is -2.62. The van der Waals surface area contributed by atoms with Crippen molar-refractivity contribution in [2.24, 2.45) is 11.8 Å². The van der Waals surface area contributed by atoms with Gasteiger partial charge in [0.25, 0.3) is 0 Å². The number of carbonyl (C=O) groups excluding carboxylic acids is 3. The molecule has 2 aliphatic heterocycles. The molecule has 2 unspecified atom stereocenters. The summed E-state index contributed by atoms with van der Waals surface area (Å²) in [4.78, 5) is 39.1. The van der Waals surface area contributed by atoms with Crippen molar-refractivity contribution in [1.29, 1.82) is 0 Å². The molecule has 2 saturated heterocycles. The molecule has 32 heavy (non-hydrogen) atoms. The van der Waals surface area contributed by atoms with E-state index in [1.165, 1.54) is 13.2 Å². The number of methoxy groups -OCH3 is 1. The molecule has 2 aromatic carbocycles. The Kier molecular flexibility index (Phi) is 4.97. The summed E-state index contributed by atoms with van der Waals surface area (Å²) in [5.41, 5.74) is -0.439. The van der Waals surface area contributed by atoms with Crippen molar-refractivity contribution in [2.45, 2.75) is 36.4 Å². The first-order valence-corrected chi connectivity index (χ1v) is 10.9. The Balaban J connectivity index is 1.72. The predicted octanol–water partition coefficient (Wildman–Crippen LogP) is 2.93. The highest BCUT2D eigenvalue weighted by Gasteiger charge is 2.69. The van der Waals surface area contributed by atoms with E-state index in [1.807, 2.05) is 60.7 Å². The number of fused-ring (bicyclic) bond motifs is 2. The molecule has 164 valence electrons. The Morgan fingerprint density at radius 1 is 1.09 bits per heavy atom. The zero-order valence-corrected chi connectivity index (χ0v) is 17.8. The van der Waals surface area contributed by atoms with Gasteiger partial charge in [0, 0.05) is 31.2 Å². The minimum atomic E-state index is -1.24. The molecule has 2 heterocycles. The van der Waals surface area contributed by atoms with Crippen molar-refractivity contribution >= 4 is 17.7 Å². The number of ether oxygens (including phenoxy) is 2. The largest absolute Gasteiger partial charge is 0.468 e. The van der Waals surface area contributed by atoms with E-state index in [9.17, 15) is 14.4 Å². The monoisotopic (exact) mass is 431 g/mol. The molecule has 5 atom stereocenters. The molecule has 2 aromatic rings. The summed E-state index contributed by atoms with van der Waals surface area (Å²) >= 11 is 0. The summed E-state index contributed by atoms with van der Waals surface area (Å²) in [6.07, 6.45) is 4.20. The first-order chi connectivity index (χ1) is 15.5. The van der Waals surface area contributed by atoms with E-state index in [1.54, 1.807) is 6.08 Å². The highest BCUT2D eigenvalue weighted by atomic mass is 16.6. The van der Waals surface area contributed by atoms with Crippen LogP contribution in [0, 0.1) is 11.8 Å². The average molecular weight is 431 g/mol. The fraction of sp³-hybridized carbons (Fsp3) is 0.346. The van der Waals surface area contributed by atoms with Crippen molar-refractivity contribution in [3.63, 3.8) is 0 Å². The first-order valence-electron chi connectivity index (χ1n) is 10.9. The quantitative estimate of drug-likeness (QED) is 0.750. The van der Waals surface area contributed by atoms with Gasteiger partial charge in [-0.2, -0.15) is 0 Å². The molecule has 1 N–H and O–H groups in total. The summed E-state index contributed by atoms with van der Waals surface area (Å²) in [5, 5.41) is 3.53. The third-order valence-corrected chi connectivity index (χ3v) is 7.10. The van der Waals surface area contributed by atoms with Crippen molar-refractivity contribution in [2.75, 3.05) is 7.11 Å². The number of ketones is 1. The lowest BCUT2D eigenvalue weighted by Gasteiger charge is -2.44. The number of allylic oxidation sites excluding steroid dienone is 1. The van der Waals surface area contributed by atoms with Crippen LogP contribution in [-0.4, -0.2) is 36.0 Å². The van der Waals surface area contributed by atoms with E-state index < -0.39 is 35.0 Å². The van der Waals surface area contributed by atoms with Crippen LogP contribution in [0.15, 0.2) is 72.8 Å². The summed E-state index contributed by atoms with van der Waals surface area (Å²) in [6, 6.07) is 18.9. The van der Waals surface area contributed by atoms with E-state index in [2.05, 4.69) is 5.32 Å². The van der Waals surface area contributed by atoms with E-state index in [0.717, 1.165) is 11.1 Å². The molecule has 0 radical (unpaired) electrons. The van der Waals surface area contributed by atoms with Crippen LogP contribution in [0.4, 0.5) is 0 Å². The third kappa shape index (κ3) is 3.09. The number of rotatable bonds is 4. The van der Waals surface area contributed by atoms with Gasteiger partial charge in [-0.05, 0) is 23.3 Å². The smallest absolute Gasteiger partial charge is 0.326 e. The second-order valence-electron chi connectivity index (χ2n) is 8.83. The SMILES string of the molecule is COC(=O)[C@]1(Cc2ccccc2)N[C@H](c2ccccc2)C2C(=O)C=C[C@@]3(CCC(=O)O3)C21. The second-order valence-corrected chi connectivity index (χ2v) is 8.83. The Labute approximate surface area is 186 Å². The Bertz CT molecular complexity index is 1080. The van der Waals surface area contributed by atoms with Crippen LogP contribution in [0.2, 0.25) is 0 Å². The number of esters is 2. The van der Waals surface area contributed by atoms with Crippen molar-refractivity contribution in [3.8, 4) is 0 Å². The van der Waals surface area contributed by atoms with E-state index in [0.29, 0.717) is 12.8 Å². The predicted molar refractivity (Wildman–Crippen MR) is 116 cm³/mol. The summed E-state index contributed by atoms with van der Waals surface area (Å²) in [5.74, 6) is -2.03. The van der Waals surface area contributed by atoms with Crippen LogP contribution in [-0.2, 0) is 30.3 Å². The minimum Gasteiger partial charge on any atom is -0.468 e. The topological polar surface area (TPSA) is 81.7 Å². The Morgan fingerprint density at radius 2 is 1.78 bits per heavy atom. The van der Waals surface area contributed by atoms with E-state index in [4.69, 9.17) is 9.47 Å². The average Bonchev–Trinajstić information content (AvgIpc) is 3.37. The van der Waals surface area contributed by atoms with Crippen molar-refractivity contribution < 1.29 is 23.9 Å². The van der Waals surface area contributed by atoms with Gasteiger partial charge < -0.3 is 9.47 Å². The molecule has 6 heteroatoms. The van der Waals surface area contributed by atoms with E-state index in [-0.39, 0.29) is 18.2 Å². The van der Waals surface area contributed by atoms with Crippen LogP contribution in [0.3, 0.4) is 0 Å². The van der Waals surface area contributed by atoms with Gasteiger partial charge in [-0.25, -0.2) is 0 Å². The van der Waals surface area contributed by atoms with Crippen LogP contribution >= 0.6 is 0 Å². The zero-order valence-electron chi connectivity index (χ0n) is 17.8. The normalized spacial score (nSPS) is 33.2. The Hall–Kier alpha value is -3.25. The molecule has 0 amide bonds. The molecule has 0 saturated carbocycles. The summed E-state index contributed by atoms with van der Waals surface area (Å²) in [6.45, 7) is 0. The van der Waals surface area contributed by atoms with Crippen molar-refractivity contribution in [1.82, 2.24) is 5.32 Å². The van der Waals surface area contributed by atoms with Gasteiger partial charge in [0.1, 0.15) is 11.1 Å². The molecule has 0 aromatic heterocycles. The highest BCUT2D eigenvalue weighted by molar-refractivity contribution is 5.97. The molecule has 6 nitrogen and oxygen atoms in total. The molecule has 1 spiro atoms. The molecule has 3 aliphatic rings. The molecule has 1 aliphatic carbocycles. The number of hydrogen-bond acceptors (Lipinski definition) is 6. The standard InChI is InChI=1S/C26H25NO5/c1-31-24(30)26(16-17-8-4-2-5-9-17)23-21(22(27-26)18-10-6-3-7-11-18)19(28)12-14-25(23)15-13-20(29)32-25/h2-12,14,21-23,27H,13,15-16H2,1H3/t21?,22-,23?,25-,26-/m1/s1.